The second-order valence-electron chi connectivity index (χ2n) is 13.2. The van der Waals surface area contributed by atoms with Crippen LogP contribution in [0.5, 0.6) is 0 Å². The van der Waals surface area contributed by atoms with Crippen LogP contribution in [0.15, 0.2) is 89.9 Å². The number of aromatic nitrogens is 3. The molecule has 2 aliphatic rings. The Kier molecular flexibility index (Phi) is 10.2. The topological polar surface area (TPSA) is 130 Å². The van der Waals surface area contributed by atoms with Gasteiger partial charge in [-0.15, -0.1) is 0 Å². The molecule has 11 nitrogen and oxygen atoms in total. The minimum absolute atomic E-state index is 0.176. The van der Waals surface area contributed by atoms with Crippen LogP contribution in [-0.4, -0.2) is 76.9 Å². The van der Waals surface area contributed by atoms with Crippen molar-refractivity contribution in [3.8, 4) is 22.4 Å². The average Bonchev–Trinajstić information content (AvgIpc) is 3.87. The normalized spacial score (nSPS) is 15.9. The number of likely N-dealkylation sites (tertiary alicyclic amines) is 1. The van der Waals surface area contributed by atoms with E-state index in [-0.39, 0.29) is 23.4 Å². The molecular weight excluding hydrogens is 642 g/mol. The number of rotatable bonds is 13. The van der Waals surface area contributed by atoms with Gasteiger partial charge in [0.1, 0.15) is 5.69 Å². The average molecular weight is 686 g/mol. The van der Waals surface area contributed by atoms with E-state index in [0.29, 0.717) is 48.2 Å². The standard InChI is InChI=1S/C40H43N7O4/c1-3-47-40(50)37(44-35-13-5-12-34-33(35)11-6-16-41-34)24-36(45-47)27-9-4-8-26(20-27)28-21-29(23-30(22-28)39(49)43-31-14-15-31)38(48)42-17-19-46-18-7-10-32(46)25-51-2/h4-6,8-9,11-13,16,20-24,31-32,44H,3,7,10,14-15,17-19,25H2,1-2H3,(H,42,48)(H,43,49)/t32-/m0/s1. The van der Waals surface area contributed by atoms with Crippen LogP contribution in [0.2, 0.25) is 0 Å². The van der Waals surface area contributed by atoms with Crippen molar-refractivity contribution in [2.75, 3.05) is 38.7 Å². The summed E-state index contributed by atoms with van der Waals surface area (Å²) in [7, 11) is 1.72. The van der Waals surface area contributed by atoms with E-state index in [1.807, 2.05) is 73.7 Å². The quantitative estimate of drug-likeness (QED) is 0.146. The molecule has 51 heavy (non-hydrogen) atoms. The maximum Gasteiger partial charge on any atom is 0.290 e. The van der Waals surface area contributed by atoms with E-state index in [2.05, 4.69) is 30.9 Å². The Labute approximate surface area is 297 Å². The van der Waals surface area contributed by atoms with Gasteiger partial charge in [-0.05, 0) is 105 Å². The number of amides is 2. The summed E-state index contributed by atoms with van der Waals surface area (Å²) in [6, 6.07) is 25.0. The van der Waals surface area contributed by atoms with Crippen LogP contribution < -0.4 is 21.5 Å². The largest absolute Gasteiger partial charge is 0.383 e. The van der Waals surface area contributed by atoms with Crippen molar-refractivity contribution in [2.24, 2.45) is 0 Å². The predicted molar refractivity (Wildman–Crippen MR) is 199 cm³/mol. The number of carbonyl (C=O) groups is 2. The minimum Gasteiger partial charge on any atom is -0.383 e. The van der Waals surface area contributed by atoms with E-state index in [9.17, 15) is 14.4 Å². The third-order valence-corrected chi connectivity index (χ3v) is 9.59. The van der Waals surface area contributed by atoms with Crippen LogP contribution in [-0.2, 0) is 11.3 Å². The lowest BCUT2D eigenvalue weighted by molar-refractivity contribution is 0.0932. The summed E-state index contributed by atoms with van der Waals surface area (Å²) < 4.78 is 6.82. The molecule has 1 aliphatic carbocycles. The monoisotopic (exact) mass is 685 g/mol. The second-order valence-corrected chi connectivity index (χ2v) is 13.2. The first-order valence-electron chi connectivity index (χ1n) is 17.7. The number of fused-ring (bicyclic) bond motifs is 1. The summed E-state index contributed by atoms with van der Waals surface area (Å²) in [5, 5.41) is 15.1. The number of hydrogen-bond donors (Lipinski definition) is 3. The van der Waals surface area contributed by atoms with Crippen molar-refractivity contribution in [1.29, 1.82) is 0 Å². The summed E-state index contributed by atoms with van der Waals surface area (Å²) >= 11 is 0. The molecule has 2 amide bonds. The molecule has 3 N–H and O–H groups in total. The Morgan fingerprint density at radius 3 is 2.49 bits per heavy atom. The highest BCUT2D eigenvalue weighted by molar-refractivity contribution is 6.02. The third kappa shape index (κ3) is 7.84. The summed E-state index contributed by atoms with van der Waals surface area (Å²) in [6.45, 7) is 5.17. The first kappa shape index (κ1) is 34.1. The van der Waals surface area contributed by atoms with E-state index in [1.165, 1.54) is 4.68 Å². The van der Waals surface area contributed by atoms with E-state index in [1.54, 1.807) is 25.4 Å². The number of hydrogen-bond acceptors (Lipinski definition) is 8. The summed E-state index contributed by atoms with van der Waals surface area (Å²) in [5.41, 5.74) is 5.54. The van der Waals surface area contributed by atoms with Crippen LogP contribution >= 0.6 is 0 Å². The molecular formula is C40H43N7O4. The van der Waals surface area contributed by atoms with Gasteiger partial charge < -0.3 is 20.7 Å². The molecule has 0 bridgehead atoms. The lowest BCUT2D eigenvalue weighted by atomic mass is 9.97. The zero-order valence-electron chi connectivity index (χ0n) is 29.0. The number of pyridine rings is 1. The fraction of sp³-hybridized carbons (Fsp3) is 0.325. The number of nitrogens with zero attached hydrogens (tertiary/aromatic N) is 4. The van der Waals surface area contributed by atoms with Crippen molar-refractivity contribution < 1.29 is 14.3 Å². The van der Waals surface area contributed by atoms with Crippen LogP contribution in [0.4, 0.5) is 11.4 Å². The first-order chi connectivity index (χ1) is 24.9. The van der Waals surface area contributed by atoms with E-state index in [0.717, 1.165) is 72.1 Å². The molecule has 1 aliphatic heterocycles. The van der Waals surface area contributed by atoms with Crippen molar-refractivity contribution in [2.45, 2.75) is 51.2 Å². The smallest absolute Gasteiger partial charge is 0.290 e. The van der Waals surface area contributed by atoms with E-state index < -0.39 is 0 Å². The Bertz CT molecular complexity index is 2120. The molecule has 0 radical (unpaired) electrons. The predicted octanol–water partition coefficient (Wildman–Crippen LogP) is 5.62. The molecule has 1 atom stereocenters. The molecule has 2 aromatic heterocycles. The molecule has 7 rings (SSSR count). The Morgan fingerprint density at radius 2 is 1.69 bits per heavy atom. The number of methoxy groups -OCH3 is 1. The molecule has 3 heterocycles. The molecule has 0 spiro atoms. The molecule has 5 aromatic rings. The zero-order chi connectivity index (χ0) is 35.3. The highest BCUT2D eigenvalue weighted by atomic mass is 16.5. The molecule has 1 saturated carbocycles. The summed E-state index contributed by atoms with van der Waals surface area (Å²) in [4.78, 5) is 47.1. The van der Waals surface area contributed by atoms with Gasteiger partial charge in [0, 0.05) is 72.8 Å². The number of aryl methyl sites for hydroxylation is 1. The fourth-order valence-corrected chi connectivity index (χ4v) is 6.74. The maximum absolute atomic E-state index is 13.5. The Hall–Kier alpha value is -5.39. The molecule has 262 valence electrons. The lowest BCUT2D eigenvalue weighted by Gasteiger charge is -2.23. The number of benzene rings is 3. The van der Waals surface area contributed by atoms with Gasteiger partial charge in [0.15, 0.2) is 0 Å². The maximum atomic E-state index is 13.5. The Morgan fingerprint density at radius 1 is 0.882 bits per heavy atom. The van der Waals surface area contributed by atoms with Gasteiger partial charge in [-0.2, -0.15) is 5.10 Å². The van der Waals surface area contributed by atoms with Crippen molar-refractivity contribution in [3.05, 3.63) is 107 Å². The number of nitrogens with one attached hydrogen (secondary N) is 3. The van der Waals surface area contributed by atoms with Gasteiger partial charge in [0.05, 0.1) is 17.8 Å². The van der Waals surface area contributed by atoms with Gasteiger partial charge in [-0.3, -0.25) is 24.3 Å². The van der Waals surface area contributed by atoms with Gasteiger partial charge in [-0.25, -0.2) is 4.68 Å². The van der Waals surface area contributed by atoms with Crippen molar-refractivity contribution in [3.63, 3.8) is 0 Å². The van der Waals surface area contributed by atoms with Crippen LogP contribution in [0.1, 0.15) is 53.3 Å². The molecule has 2 fully saturated rings. The molecule has 3 aromatic carbocycles. The Balaban J connectivity index is 1.18. The summed E-state index contributed by atoms with van der Waals surface area (Å²) in [6.07, 6.45) is 5.88. The van der Waals surface area contributed by atoms with Gasteiger partial charge in [0.2, 0.25) is 0 Å². The fourth-order valence-electron chi connectivity index (χ4n) is 6.74. The second kappa shape index (κ2) is 15.2. The first-order valence-corrected chi connectivity index (χ1v) is 17.7. The van der Waals surface area contributed by atoms with Crippen molar-refractivity contribution >= 4 is 34.1 Å². The van der Waals surface area contributed by atoms with Gasteiger partial charge in [0.25, 0.3) is 17.4 Å². The summed E-state index contributed by atoms with van der Waals surface area (Å²) in [5.74, 6) is -0.424. The van der Waals surface area contributed by atoms with Crippen LogP contribution in [0.25, 0.3) is 33.3 Å². The lowest BCUT2D eigenvalue weighted by Crippen LogP contribution is -2.39. The molecule has 0 unspecified atom stereocenters. The van der Waals surface area contributed by atoms with Gasteiger partial charge >= 0.3 is 0 Å². The van der Waals surface area contributed by atoms with E-state index in [4.69, 9.17) is 4.74 Å². The van der Waals surface area contributed by atoms with Gasteiger partial charge in [-0.1, -0.05) is 24.3 Å². The zero-order valence-corrected chi connectivity index (χ0v) is 29.0. The highest BCUT2D eigenvalue weighted by Crippen LogP contribution is 2.30. The van der Waals surface area contributed by atoms with Crippen LogP contribution in [0, 0.1) is 0 Å². The van der Waals surface area contributed by atoms with Crippen molar-refractivity contribution in [1.82, 2.24) is 30.3 Å². The highest BCUT2D eigenvalue weighted by Gasteiger charge is 2.26. The minimum atomic E-state index is -0.234. The number of carbonyl (C=O) groups excluding carboxylic acids is 2. The van der Waals surface area contributed by atoms with E-state index >= 15 is 0 Å². The SMILES string of the molecule is CCn1nc(-c2cccc(-c3cc(C(=O)NCCN4CCC[C@H]4COC)cc(C(=O)NC4CC4)c3)c2)cc(Nc2cccc3ncccc23)c1=O. The number of anilines is 2. The number of ether oxygens (including phenoxy) is 1. The third-order valence-electron chi connectivity index (χ3n) is 9.59. The van der Waals surface area contributed by atoms with Crippen LogP contribution in [0.3, 0.4) is 0 Å². The molecule has 1 saturated heterocycles. The molecule has 11 heteroatoms.